The summed E-state index contributed by atoms with van der Waals surface area (Å²) in [4.78, 5) is 29.7. The zero-order chi connectivity index (χ0) is 14.8. The number of Topliss-reactive ketones (excluding diaryl/α,β-unsaturated/α-hetero) is 1. The van der Waals surface area contributed by atoms with Crippen molar-refractivity contribution in [1.82, 2.24) is 0 Å². The third kappa shape index (κ3) is 3.02. The van der Waals surface area contributed by atoms with Crippen LogP contribution in [0.25, 0.3) is 0 Å². The number of carbonyl (C=O) groups is 2. The molecule has 1 aliphatic carbocycles. The molecule has 1 aliphatic heterocycles. The maximum Gasteiger partial charge on any atom is 0.322 e. The van der Waals surface area contributed by atoms with E-state index in [4.69, 9.17) is 9.57 Å². The minimum Gasteiger partial charge on any atom is -0.458 e. The van der Waals surface area contributed by atoms with Gasteiger partial charge in [-0.2, -0.15) is 0 Å². The fourth-order valence-electron chi connectivity index (χ4n) is 2.79. The van der Waals surface area contributed by atoms with Crippen molar-refractivity contribution in [3.8, 4) is 0 Å². The van der Waals surface area contributed by atoms with E-state index in [2.05, 4.69) is 5.16 Å². The average Bonchev–Trinajstić information content (AvgIpc) is 3.19. The maximum absolute atomic E-state index is 12.4. The molecule has 2 fully saturated rings. The van der Waals surface area contributed by atoms with Crippen LogP contribution < -0.4 is 0 Å². The van der Waals surface area contributed by atoms with Crippen LogP contribution in [0.2, 0.25) is 0 Å². The zero-order valence-corrected chi connectivity index (χ0v) is 12.5. The van der Waals surface area contributed by atoms with Gasteiger partial charge >= 0.3 is 5.97 Å². The van der Waals surface area contributed by atoms with E-state index >= 15 is 0 Å². The second-order valence-electron chi connectivity index (χ2n) is 5.83. The van der Waals surface area contributed by atoms with Crippen molar-refractivity contribution in [3.63, 3.8) is 0 Å². The van der Waals surface area contributed by atoms with Crippen LogP contribution in [0.4, 0.5) is 0 Å². The molecule has 0 bridgehead atoms. The third-order valence-corrected chi connectivity index (χ3v) is 4.01. The van der Waals surface area contributed by atoms with Gasteiger partial charge in [0.2, 0.25) is 0 Å². The lowest BCUT2D eigenvalue weighted by atomic mass is 9.82. The molecule has 0 N–H and O–H groups in total. The summed E-state index contributed by atoms with van der Waals surface area (Å²) in [7, 11) is 0. The van der Waals surface area contributed by atoms with Crippen LogP contribution in [0.15, 0.2) is 5.16 Å². The smallest absolute Gasteiger partial charge is 0.322 e. The molecule has 2 atom stereocenters. The number of ketones is 1. The SMILES string of the molecule is CCC/C(=N\OCC)C1C(=O)CC(C)(C2CC2)OC1=O. The number of nitrogens with zero attached hydrogens (tertiary/aromatic N) is 1. The molecule has 5 nitrogen and oxygen atoms in total. The van der Waals surface area contributed by atoms with E-state index in [1.165, 1.54) is 0 Å². The molecule has 2 aliphatic rings. The van der Waals surface area contributed by atoms with Crippen LogP contribution >= 0.6 is 0 Å². The summed E-state index contributed by atoms with van der Waals surface area (Å²) in [6.07, 6.45) is 3.75. The Labute approximate surface area is 119 Å². The van der Waals surface area contributed by atoms with Crippen LogP contribution in [0.1, 0.15) is 52.9 Å². The Bertz CT molecular complexity index is 408. The standard InChI is InChI=1S/C15H23NO4/c1-4-6-11(16-19-5-2)13-12(17)9-15(3,10-7-8-10)20-14(13)18/h10,13H,4-9H2,1-3H3/b16-11+. The number of ether oxygens (including phenoxy) is 1. The first-order valence-electron chi connectivity index (χ1n) is 7.46. The highest BCUT2D eigenvalue weighted by Gasteiger charge is 2.53. The second kappa shape index (κ2) is 5.94. The minimum absolute atomic E-state index is 0.0810. The number of oxime groups is 1. The molecule has 0 amide bonds. The lowest BCUT2D eigenvalue weighted by Gasteiger charge is -2.36. The molecule has 0 aromatic carbocycles. The zero-order valence-electron chi connectivity index (χ0n) is 12.5. The van der Waals surface area contributed by atoms with Crippen molar-refractivity contribution in [2.75, 3.05) is 6.61 Å². The number of carbonyl (C=O) groups excluding carboxylic acids is 2. The Balaban J connectivity index is 2.15. The summed E-state index contributed by atoms with van der Waals surface area (Å²) in [6, 6.07) is 0. The quantitative estimate of drug-likeness (QED) is 0.325. The fourth-order valence-corrected chi connectivity index (χ4v) is 2.79. The largest absolute Gasteiger partial charge is 0.458 e. The van der Waals surface area contributed by atoms with Gasteiger partial charge in [0.05, 0.1) is 5.71 Å². The highest BCUT2D eigenvalue weighted by atomic mass is 16.6. The molecule has 0 radical (unpaired) electrons. The van der Waals surface area contributed by atoms with Gasteiger partial charge < -0.3 is 9.57 Å². The molecule has 1 heterocycles. The topological polar surface area (TPSA) is 65.0 Å². The summed E-state index contributed by atoms with van der Waals surface area (Å²) in [5, 5.41) is 3.96. The van der Waals surface area contributed by atoms with Gasteiger partial charge in [0, 0.05) is 6.42 Å². The van der Waals surface area contributed by atoms with Gasteiger partial charge in [0.25, 0.3) is 0 Å². The molecule has 2 rings (SSSR count). The van der Waals surface area contributed by atoms with Gasteiger partial charge in [-0.25, -0.2) is 0 Å². The number of hydrogen-bond acceptors (Lipinski definition) is 5. The van der Waals surface area contributed by atoms with E-state index in [-0.39, 0.29) is 5.78 Å². The molecule has 0 spiro atoms. The number of cyclic esters (lactones) is 1. The summed E-state index contributed by atoms with van der Waals surface area (Å²) in [5.41, 5.74) is -0.102. The van der Waals surface area contributed by atoms with Crippen molar-refractivity contribution in [2.45, 2.75) is 58.5 Å². The summed E-state index contributed by atoms with van der Waals surface area (Å²) < 4.78 is 5.59. The second-order valence-corrected chi connectivity index (χ2v) is 5.83. The van der Waals surface area contributed by atoms with Crippen LogP contribution in [0.5, 0.6) is 0 Å². The molecule has 1 saturated heterocycles. The Morgan fingerprint density at radius 2 is 2.10 bits per heavy atom. The molecular weight excluding hydrogens is 258 g/mol. The maximum atomic E-state index is 12.4. The summed E-state index contributed by atoms with van der Waals surface area (Å²) in [5.74, 6) is -1.06. The van der Waals surface area contributed by atoms with E-state index < -0.39 is 17.5 Å². The van der Waals surface area contributed by atoms with Gasteiger partial charge in [0.15, 0.2) is 11.7 Å². The van der Waals surface area contributed by atoms with Gasteiger partial charge in [-0.05, 0) is 39.0 Å². The molecular formula is C15H23NO4. The third-order valence-electron chi connectivity index (χ3n) is 4.01. The lowest BCUT2D eigenvalue weighted by Crippen LogP contribution is -2.49. The van der Waals surface area contributed by atoms with Crippen LogP contribution in [0, 0.1) is 11.8 Å². The van der Waals surface area contributed by atoms with E-state index in [1.54, 1.807) is 0 Å². The molecule has 1 saturated carbocycles. The lowest BCUT2D eigenvalue weighted by molar-refractivity contribution is -0.174. The molecule has 0 aromatic heterocycles. The Morgan fingerprint density at radius 1 is 1.40 bits per heavy atom. The van der Waals surface area contributed by atoms with E-state index in [1.807, 2.05) is 20.8 Å². The van der Waals surface area contributed by atoms with Crippen LogP contribution in [0.3, 0.4) is 0 Å². The molecule has 2 unspecified atom stereocenters. The summed E-state index contributed by atoms with van der Waals surface area (Å²) >= 11 is 0. The first-order valence-corrected chi connectivity index (χ1v) is 7.46. The predicted molar refractivity (Wildman–Crippen MR) is 74.3 cm³/mol. The van der Waals surface area contributed by atoms with E-state index in [9.17, 15) is 9.59 Å². The Kier molecular flexibility index (Phi) is 4.45. The molecule has 20 heavy (non-hydrogen) atoms. The van der Waals surface area contributed by atoms with Crippen LogP contribution in [-0.4, -0.2) is 29.7 Å². The van der Waals surface area contributed by atoms with Gasteiger partial charge in [-0.1, -0.05) is 18.5 Å². The van der Waals surface area contributed by atoms with E-state index in [0.717, 1.165) is 19.3 Å². The van der Waals surface area contributed by atoms with Gasteiger partial charge in [-0.15, -0.1) is 0 Å². The van der Waals surface area contributed by atoms with Crippen molar-refractivity contribution in [1.29, 1.82) is 0 Å². The van der Waals surface area contributed by atoms with Crippen molar-refractivity contribution >= 4 is 17.5 Å². The number of hydrogen-bond donors (Lipinski definition) is 0. The normalized spacial score (nSPS) is 31.1. The van der Waals surface area contributed by atoms with Crippen LogP contribution in [-0.2, 0) is 19.2 Å². The van der Waals surface area contributed by atoms with Crippen molar-refractivity contribution in [2.24, 2.45) is 17.0 Å². The summed E-state index contributed by atoms with van der Waals surface area (Å²) in [6.45, 7) is 6.09. The first kappa shape index (κ1) is 15.0. The van der Waals surface area contributed by atoms with Crippen molar-refractivity contribution < 1.29 is 19.2 Å². The van der Waals surface area contributed by atoms with E-state index in [0.29, 0.717) is 31.1 Å². The number of rotatable bonds is 6. The number of esters is 1. The Hall–Kier alpha value is -1.39. The molecule has 112 valence electrons. The van der Waals surface area contributed by atoms with Gasteiger partial charge in [-0.3, -0.25) is 9.59 Å². The monoisotopic (exact) mass is 281 g/mol. The fraction of sp³-hybridized carbons (Fsp3) is 0.800. The van der Waals surface area contributed by atoms with Crippen molar-refractivity contribution in [3.05, 3.63) is 0 Å². The predicted octanol–water partition coefficient (Wildman–Crippen LogP) is 2.48. The highest BCUT2D eigenvalue weighted by molar-refractivity contribution is 6.20. The van der Waals surface area contributed by atoms with Gasteiger partial charge in [0.1, 0.15) is 12.2 Å². The molecule has 5 heteroatoms. The average molecular weight is 281 g/mol. The minimum atomic E-state index is -0.867. The first-order chi connectivity index (χ1) is 9.51. The highest BCUT2D eigenvalue weighted by Crippen LogP contribution is 2.46. The molecule has 0 aromatic rings. The Morgan fingerprint density at radius 3 is 2.60 bits per heavy atom.